The van der Waals surface area contributed by atoms with E-state index >= 15 is 0 Å². The Bertz CT molecular complexity index is 359. The second-order valence-corrected chi connectivity index (χ2v) is 6.06. The third kappa shape index (κ3) is 3.19. The SMILES string of the molecule is CCC(NC(=O)N(C)CC1CC2CCC1C2)C(=O)O. The van der Waals surface area contributed by atoms with Gasteiger partial charge in [0.25, 0.3) is 0 Å². The summed E-state index contributed by atoms with van der Waals surface area (Å²) in [6.07, 6.45) is 5.62. The molecular formula is C14H24N2O3. The maximum atomic E-state index is 12.0. The van der Waals surface area contributed by atoms with Crippen LogP contribution in [0.4, 0.5) is 4.79 Å². The summed E-state index contributed by atoms with van der Waals surface area (Å²) in [7, 11) is 1.76. The normalized spacial score (nSPS) is 30.1. The molecule has 2 amide bonds. The van der Waals surface area contributed by atoms with Crippen LogP contribution >= 0.6 is 0 Å². The molecule has 2 aliphatic carbocycles. The lowest BCUT2D eigenvalue weighted by Gasteiger charge is -2.28. The Hall–Kier alpha value is -1.26. The summed E-state index contributed by atoms with van der Waals surface area (Å²) in [4.78, 5) is 24.5. The highest BCUT2D eigenvalue weighted by molar-refractivity contribution is 5.82. The number of amides is 2. The summed E-state index contributed by atoms with van der Waals surface area (Å²) < 4.78 is 0. The molecule has 0 aromatic rings. The van der Waals surface area contributed by atoms with Gasteiger partial charge in [0.1, 0.15) is 6.04 Å². The molecule has 4 atom stereocenters. The molecule has 0 radical (unpaired) electrons. The van der Waals surface area contributed by atoms with Crippen LogP contribution in [0.2, 0.25) is 0 Å². The van der Waals surface area contributed by atoms with Crippen LogP contribution in [0.25, 0.3) is 0 Å². The monoisotopic (exact) mass is 268 g/mol. The second kappa shape index (κ2) is 5.80. The highest BCUT2D eigenvalue weighted by Crippen LogP contribution is 2.48. The summed E-state index contributed by atoms with van der Waals surface area (Å²) in [6, 6.07) is -1.05. The van der Waals surface area contributed by atoms with Gasteiger partial charge in [-0.25, -0.2) is 9.59 Å². The van der Waals surface area contributed by atoms with Crippen LogP contribution in [0.3, 0.4) is 0 Å². The zero-order valence-corrected chi connectivity index (χ0v) is 11.8. The minimum atomic E-state index is -0.968. The lowest BCUT2D eigenvalue weighted by Crippen LogP contribution is -2.47. The minimum absolute atomic E-state index is 0.267. The number of carboxylic acid groups (broad SMARTS) is 1. The second-order valence-electron chi connectivity index (χ2n) is 6.06. The van der Waals surface area contributed by atoms with Gasteiger partial charge < -0.3 is 15.3 Å². The van der Waals surface area contributed by atoms with E-state index in [9.17, 15) is 9.59 Å². The zero-order valence-electron chi connectivity index (χ0n) is 11.8. The molecule has 0 aromatic carbocycles. The molecule has 0 aliphatic heterocycles. The third-order valence-electron chi connectivity index (χ3n) is 4.74. The number of hydrogen-bond acceptors (Lipinski definition) is 2. The van der Waals surface area contributed by atoms with E-state index in [1.807, 2.05) is 0 Å². The number of nitrogens with zero attached hydrogens (tertiary/aromatic N) is 1. The van der Waals surface area contributed by atoms with Gasteiger partial charge >= 0.3 is 12.0 Å². The van der Waals surface area contributed by atoms with Crippen molar-refractivity contribution in [1.82, 2.24) is 10.2 Å². The molecule has 2 saturated carbocycles. The highest BCUT2D eigenvalue weighted by atomic mass is 16.4. The van der Waals surface area contributed by atoms with Gasteiger partial charge in [-0.1, -0.05) is 13.3 Å². The van der Waals surface area contributed by atoms with Crippen molar-refractivity contribution in [3.05, 3.63) is 0 Å². The van der Waals surface area contributed by atoms with E-state index in [2.05, 4.69) is 5.32 Å². The van der Waals surface area contributed by atoms with Crippen molar-refractivity contribution in [3.63, 3.8) is 0 Å². The van der Waals surface area contributed by atoms with Gasteiger partial charge in [-0.3, -0.25) is 0 Å². The van der Waals surface area contributed by atoms with Crippen LogP contribution in [0.5, 0.6) is 0 Å². The van der Waals surface area contributed by atoms with Gasteiger partial charge in [0.2, 0.25) is 0 Å². The first kappa shape index (κ1) is 14.2. The first-order valence-electron chi connectivity index (χ1n) is 7.25. The van der Waals surface area contributed by atoms with Gasteiger partial charge in [-0.15, -0.1) is 0 Å². The van der Waals surface area contributed by atoms with E-state index in [1.165, 1.54) is 25.7 Å². The lowest BCUT2D eigenvalue weighted by molar-refractivity contribution is -0.139. The van der Waals surface area contributed by atoms with E-state index in [0.717, 1.165) is 18.4 Å². The number of fused-ring (bicyclic) bond motifs is 2. The molecule has 5 nitrogen and oxygen atoms in total. The van der Waals surface area contributed by atoms with Crippen molar-refractivity contribution in [2.45, 2.75) is 45.1 Å². The fourth-order valence-corrected chi connectivity index (χ4v) is 3.63. The quantitative estimate of drug-likeness (QED) is 0.800. The fraction of sp³-hybridized carbons (Fsp3) is 0.857. The van der Waals surface area contributed by atoms with Crippen LogP contribution in [0.15, 0.2) is 0 Å². The highest BCUT2D eigenvalue weighted by Gasteiger charge is 2.40. The molecule has 4 unspecified atom stereocenters. The lowest BCUT2D eigenvalue weighted by atomic mass is 9.88. The Morgan fingerprint density at radius 1 is 1.37 bits per heavy atom. The molecule has 2 bridgehead atoms. The first-order chi connectivity index (χ1) is 9.01. The van der Waals surface area contributed by atoms with E-state index < -0.39 is 12.0 Å². The molecule has 0 heterocycles. The number of hydrogen-bond donors (Lipinski definition) is 2. The predicted octanol–water partition coefficient (Wildman–Crippen LogP) is 1.93. The van der Waals surface area contributed by atoms with Crippen molar-refractivity contribution >= 4 is 12.0 Å². The molecular weight excluding hydrogens is 244 g/mol. The standard InChI is InChI=1S/C14H24N2O3/c1-3-12(13(17)18)15-14(19)16(2)8-11-7-9-4-5-10(11)6-9/h9-12H,3-8H2,1-2H3,(H,15,19)(H,17,18). The minimum Gasteiger partial charge on any atom is -0.480 e. The number of aliphatic carboxylic acids is 1. The molecule has 5 heteroatoms. The predicted molar refractivity (Wildman–Crippen MR) is 71.8 cm³/mol. The Morgan fingerprint density at radius 2 is 2.11 bits per heavy atom. The Kier molecular flexibility index (Phi) is 4.32. The number of carboxylic acids is 1. The third-order valence-corrected chi connectivity index (χ3v) is 4.74. The molecule has 19 heavy (non-hydrogen) atoms. The number of urea groups is 1. The van der Waals surface area contributed by atoms with Crippen molar-refractivity contribution in [2.75, 3.05) is 13.6 Å². The first-order valence-corrected chi connectivity index (χ1v) is 7.25. The number of carbonyl (C=O) groups excluding carboxylic acids is 1. The number of carbonyl (C=O) groups is 2. The van der Waals surface area contributed by atoms with Crippen LogP contribution in [0.1, 0.15) is 39.0 Å². The van der Waals surface area contributed by atoms with Gasteiger partial charge in [-0.2, -0.15) is 0 Å². The average molecular weight is 268 g/mol. The summed E-state index contributed by atoms with van der Waals surface area (Å²) >= 11 is 0. The van der Waals surface area contributed by atoms with Gasteiger partial charge in [0.15, 0.2) is 0 Å². The molecule has 108 valence electrons. The molecule has 2 fully saturated rings. The number of rotatable bonds is 5. The molecule has 2 N–H and O–H groups in total. The number of nitrogens with one attached hydrogen (secondary N) is 1. The Labute approximate surface area is 114 Å². The smallest absolute Gasteiger partial charge is 0.326 e. The van der Waals surface area contributed by atoms with Crippen molar-refractivity contribution in [2.24, 2.45) is 17.8 Å². The maximum absolute atomic E-state index is 12.0. The van der Waals surface area contributed by atoms with E-state index in [4.69, 9.17) is 5.11 Å². The van der Waals surface area contributed by atoms with E-state index in [-0.39, 0.29) is 6.03 Å². The van der Waals surface area contributed by atoms with Crippen molar-refractivity contribution in [3.8, 4) is 0 Å². The fourth-order valence-electron chi connectivity index (χ4n) is 3.63. The van der Waals surface area contributed by atoms with Crippen LogP contribution in [-0.4, -0.2) is 41.6 Å². The van der Waals surface area contributed by atoms with Gasteiger partial charge in [0, 0.05) is 13.6 Å². The van der Waals surface area contributed by atoms with Crippen molar-refractivity contribution in [1.29, 1.82) is 0 Å². The summed E-state index contributed by atoms with van der Waals surface area (Å²) in [5.74, 6) is 1.29. The van der Waals surface area contributed by atoms with Crippen LogP contribution in [0, 0.1) is 17.8 Å². The average Bonchev–Trinajstić information content (AvgIpc) is 2.97. The van der Waals surface area contributed by atoms with Crippen molar-refractivity contribution < 1.29 is 14.7 Å². The molecule has 0 aromatic heterocycles. The van der Waals surface area contributed by atoms with Gasteiger partial charge in [-0.05, 0) is 43.4 Å². The maximum Gasteiger partial charge on any atom is 0.326 e. The molecule has 2 rings (SSSR count). The van der Waals surface area contributed by atoms with E-state index in [1.54, 1.807) is 18.9 Å². The largest absolute Gasteiger partial charge is 0.480 e. The van der Waals surface area contributed by atoms with Crippen LogP contribution in [-0.2, 0) is 4.79 Å². The van der Waals surface area contributed by atoms with Crippen LogP contribution < -0.4 is 5.32 Å². The Morgan fingerprint density at radius 3 is 2.58 bits per heavy atom. The molecule has 0 spiro atoms. The topological polar surface area (TPSA) is 69.6 Å². The van der Waals surface area contributed by atoms with E-state index in [0.29, 0.717) is 12.3 Å². The molecule has 2 aliphatic rings. The summed E-state index contributed by atoms with van der Waals surface area (Å²) in [6.45, 7) is 2.51. The summed E-state index contributed by atoms with van der Waals surface area (Å²) in [5.41, 5.74) is 0. The molecule has 0 saturated heterocycles. The summed E-state index contributed by atoms with van der Waals surface area (Å²) in [5, 5.41) is 11.5. The van der Waals surface area contributed by atoms with Gasteiger partial charge in [0.05, 0.1) is 0 Å². The zero-order chi connectivity index (χ0) is 14.0. The Balaban J connectivity index is 1.80.